The molecular formula is C11H16N2O3S2. The summed E-state index contributed by atoms with van der Waals surface area (Å²) >= 11 is 2.94. The van der Waals surface area contributed by atoms with Crippen LogP contribution in [0.4, 0.5) is 0 Å². The fourth-order valence-electron chi connectivity index (χ4n) is 1.90. The Morgan fingerprint density at radius 3 is 2.89 bits per heavy atom. The monoisotopic (exact) mass is 288 g/mol. The van der Waals surface area contributed by atoms with Gasteiger partial charge in [-0.1, -0.05) is 36.2 Å². The van der Waals surface area contributed by atoms with Crippen LogP contribution in [0.3, 0.4) is 0 Å². The lowest BCUT2D eigenvalue weighted by Gasteiger charge is -2.19. The molecule has 5 nitrogen and oxygen atoms in total. The van der Waals surface area contributed by atoms with Crippen LogP contribution in [0.25, 0.3) is 0 Å². The fraction of sp³-hybridized carbons (Fsp3) is 0.727. The molecule has 100 valence electrons. The minimum atomic E-state index is -0.878. The molecule has 1 aliphatic rings. The summed E-state index contributed by atoms with van der Waals surface area (Å²) in [5.41, 5.74) is 0. The number of carboxylic acids is 1. The van der Waals surface area contributed by atoms with Gasteiger partial charge in [0.2, 0.25) is 0 Å². The van der Waals surface area contributed by atoms with Crippen LogP contribution in [-0.2, 0) is 10.5 Å². The summed E-state index contributed by atoms with van der Waals surface area (Å²) in [6.07, 6.45) is 6.56. The van der Waals surface area contributed by atoms with Crippen molar-refractivity contribution in [1.82, 2.24) is 10.1 Å². The second kappa shape index (κ2) is 7.04. The van der Waals surface area contributed by atoms with E-state index >= 15 is 0 Å². The summed E-state index contributed by atoms with van der Waals surface area (Å²) < 4.78 is 4.98. The molecule has 0 bridgehead atoms. The van der Waals surface area contributed by atoms with E-state index in [-0.39, 0.29) is 5.75 Å². The molecule has 2 rings (SSSR count). The van der Waals surface area contributed by atoms with Crippen LogP contribution < -0.4 is 0 Å². The molecule has 0 amide bonds. The molecule has 1 saturated carbocycles. The van der Waals surface area contributed by atoms with Crippen molar-refractivity contribution in [2.45, 2.75) is 48.3 Å². The molecule has 1 heterocycles. The van der Waals surface area contributed by atoms with Gasteiger partial charge in [0.1, 0.15) is 5.75 Å². The number of carboxylic acid groups (broad SMARTS) is 1. The number of hydrogen-bond acceptors (Lipinski definition) is 6. The Kier molecular flexibility index (Phi) is 5.37. The molecule has 0 spiro atoms. The summed E-state index contributed by atoms with van der Waals surface area (Å²) in [4.78, 5) is 14.6. The molecule has 1 N–H and O–H groups in total. The lowest BCUT2D eigenvalue weighted by atomic mass is 10.0. The Morgan fingerprint density at radius 1 is 1.39 bits per heavy atom. The molecule has 0 aromatic carbocycles. The molecule has 1 aromatic rings. The number of nitrogens with zero attached hydrogens (tertiary/aromatic N) is 2. The van der Waals surface area contributed by atoms with Crippen molar-refractivity contribution < 1.29 is 14.4 Å². The average Bonchev–Trinajstić information content (AvgIpc) is 2.83. The van der Waals surface area contributed by atoms with E-state index in [2.05, 4.69) is 10.1 Å². The minimum absolute atomic E-state index is 0.0442. The zero-order valence-corrected chi connectivity index (χ0v) is 11.6. The van der Waals surface area contributed by atoms with Gasteiger partial charge in [-0.15, -0.1) is 0 Å². The van der Waals surface area contributed by atoms with Gasteiger partial charge in [0.25, 0.3) is 5.22 Å². The predicted octanol–water partition coefficient (Wildman–Crippen LogP) is 2.81. The maximum absolute atomic E-state index is 10.4. The molecular weight excluding hydrogens is 272 g/mol. The van der Waals surface area contributed by atoms with Gasteiger partial charge in [0, 0.05) is 5.25 Å². The van der Waals surface area contributed by atoms with E-state index in [1.54, 1.807) is 0 Å². The number of rotatable bonds is 6. The van der Waals surface area contributed by atoms with Crippen molar-refractivity contribution in [1.29, 1.82) is 0 Å². The zero-order chi connectivity index (χ0) is 12.8. The van der Waals surface area contributed by atoms with Gasteiger partial charge in [-0.25, -0.2) is 0 Å². The van der Waals surface area contributed by atoms with Crippen LogP contribution in [-0.4, -0.2) is 32.2 Å². The molecule has 1 fully saturated rings. The van der Waals surface area contributed by atoms with Gasteiger partial charge in [-0.05, 0) is 12.8 Å². The Labute approximate surface area is 114 Å². The van der Waals surface area contributed by atoms with E-state index in [1.807, 2.05) is 11.8 Å². The Balaban J connectivity index is 1.73. The first kappa shape index (κ1) is 13.7. The predicted molar refractivity (Wildman–Crippen MR) is 70.8 cm³/mol. The van der Waals surface area contributed by atoms with E-state index in [1.165, 1.54) is 32.1 Å². The van der Waals surface area contributed by atoms with Gasteiger partial charge in [-0.3, -0.25) is 4.79 Å². The summed E-state index contributed by atoms with van der Waals surface area (Å²) in [5.74, 6) is 0.494. The topological polar surface area (TPSA) is 76.2 Å². The normalized spacial score (nSPS) is 16.9. The molecule has 0 unspecified atom stereocenters. The molecule has 7 heteroatoms. The van der Waals surface area contributed by atoms with Crippen LogP contribution in [0, 0.1) is 0 Å². The maximum Gasteiger partial charge on any atom is 0.314 e. The molecule has 1 aliphatic carbocycles. The Morgan fingerprint density at radius 2 is 2.17 bits per heavy atom. The van der Waals surface area contributed by atoms with Crippen molar-refractivity contribution in [2.75, 3.05) is 5.75 Å². The maximum atomic E-state index is 10.4. The highest BCUT2D eigenvalue weighted by atomic mass is 32.2. The largest absolute Gasteiger partial charge is 0.481 e. The van der Waals surface area contributed by atoms with Crippen LogP contribution in [0.5, 0.6) is 0 Å². The van der Waals surface area contributed by atoms with Crippen molar-refractivity contribution in [3.63, 3.8) is 0 Å². The van der Waals surface area contributed by atoms with Gasteiger partial charge < -0.3 is 9.63 Å². The van der Waals surface area contributed by atoms with E-state index in [9.17, 15) is 4.79 Å². The molecule has 0 radical (unpaired) electrons. The molecule has 0 saturated heterocycles. The second-order valence-electron chi connectivity index (χ2n) is 4.23. The fourth-order valence-corrected chi connectivity index (χ4v) is 3.58. The Hall–Kier alpha value is -0.690. The van der Waals surface area contributed by atoms with Crippen molar-refractivity contribution in [3.8, 4) is 0 Å². The first-order valence-electron chi connectivity index (χ1n) is 6.03. The first-order chi connectivity index (χ1) is 8.74. The third-order valence-corrected chi connectivity index (χ3v) is 4.94. The molecule has 0 aliphatic heterocycles. The second-order valence-corrected chi connectivity index (χ2v) is 6.45. The molecule has 0 atom stereocenters. The van der Waals surface area contributed by atoms with Gasteiger partial charge >= 0.3 is 5.97 Å². The van der Waals surface area contributed by atoms with Crippen LogP contribution >= 0.6 is 23.5 Å². The zero-order valence-electron chi connectivity index (χ0n) is 10.0. The SMILES string of the molecule is O=C(O)CSc1nc(CSC2CCCCC2)no1. The van der Waals surface area contributed by atoms with E-state index in [4.69, 9.17) is 9.63 Å². The number of carbonyl (C=O) groups is 1. The smallest absolute Gasteiger partial charge is 0.314 e. The van der Waals surface area contributed by atoms with Gasteiger partial charge in [0.15, 0.2) is 5.82 Å². The quantitative estimate of drug-likeness (QED) is 0.806. The van der Waals surface area contributed by atoms with E-state index in [0.29, 0.717) is 16.3 Å². The van der Waals surface area contributed by atoms with Crippen molar-refractivity contribution in [3.05, 3.63) is 5.82 Å². The van der Waals surface area contributed by atoms with Gasteiger partial charge in [-0.2, -0.15) is 16.7 Å². The first-order valence-corrected chi connectivity index (χ1v) is 8.06. The highest BCUT2D eigenvalue weighted by Gasteiger charge is 2.15. The average molecular weight is 288 g/mol. The van der Waals surface area contributed by atoms with Crippen LogP contribution in [0.1, 0.15) is 37.9 Å². The van der Waals surface area contributed by atoms with E-state index in [0.717, 1.165) is 17.5 Å². The summed E-state index contributed by atoms with van der Waals surface area (Å²) in [6, 6.07) is 0. The summed E-state index contributed by atoms with van der Waals surface area (Å²) in [5, 5.41) is 13.5. The highest BCUT2D eigenvalue weighted by Crippen LogP contribution is 2.30. The third kappa shape index (κ3) is 4.53. The summed E-state index contributed by atoms with van der Waals surface area (Å²) in [7, 11) is 0. The Bertz CT molecular complexity index is 391. The third-order valence-electron chi connectivity index (χ3n) is 2.77. The van der Waals surface area contributed by atoms with E-state index < -0.39 is 5.97 Å². The summed E-state index contributed by atoms with van der Waals surface area (Å²) in [6.45, 7) is 0. The van der Waals surface area contributed by atoms with Crippen molar-refractivity contribution in [2.24, 2.45) is 0 Å². The number of aromatic nitrogens is 2. The lowest BCUT2D eigenvalue weighted by Crippen LogP contribution is -2.08. The molecule has 18 heavy (non-hydrogen) atoms. The minimum Gasteiger partial charge on any atom is -0.481 e. The number of thioether (sulfide) groups is 2. The van der Waals surface area contributed by atoms with Crippen molar-refractivity contribution >= 4 is 29.5 Å². The van der Waals surface area contributed by atoms with Crippen LogP contribution in [0.2, 0.25) is 0 Å². The number of hydrogen-bond donors (Lipinski definition) is 1. The van der Waals surface area contributed by atoms with Crippen LogP contribution in [0.15, 0.2) is 9.75 Å². The standard InChI is InChI=1S/C11H16N2O3S2/c14-10(15)7-18-11-12-9(13-16-11)6-17-8-4-2-1-3-5-8/h8H,1-7H2,(H,14,15). The molecule has 1 aromatic heterocycles. The van der Waals surface area contributed by atoms with Gasteiger partial charge in [0.05, 0.1) is 5.75 Å². The number of aliphatic carboxylic acids is 1. The lowest BCUT2D eigenvalue weighted by molar-refractivity contribution is -0.133. The highest BCUT2D eigenvalue weighted by molar-refractivity contribution is 7.99.